The molecule has 0 bridgehead atoms. The molecule has 1 N–H and O–H groups in total. The number of rotatable bonds is 5. The van der Waals surface area contributed by atoms with Crippen LogP contribution in [-0.2, 0) is 4.79 Å². The molecule has 5 nitrogen and oxygen atoms in total. The number of para-hydroxylation sites is 1. The summed E-state index contributed by atoms with van der Waals surface area (Å²) >= 11 is 7.28. The first-order chi connectivity index (χ1) is 12.0. The molecule has 3 aromatic rings. The lowest BCUT2D eigenvalue weighted by Gasteiger charge is -2.16. The number of hydrogen-bond donors (Lipinski definition) is 1. The second-order valence-electron chi connectivity index (χ2n) is 5.33. The lowest BCUT2D eigenvalue weighted by atomic mass is 10.3. The average Bonchev–Trinajstić information content (AvgIpc) is 3.01. The number of methoxy groups -OCH3 is 1. The molecule has 0 radical (unpaired) electrons. The van der Waals surface area contributed by atoms with Crippen molar-refractivity contribution in [3.05, 3.63) is 47.2 Å². The van der Waals surface area contributed by atoms with Crippen molar-refractivity contribution in [3.63, 3.8) is 0 Å². The highest BCUT2D eigenvalue weighted by Crippen LogP contribution is 2.30. The zero-order valence-electron chi connectivity index (χ0n) is 13.5. The minimum atomic E-state index is -0.374. The second kappa shape index (κ2) is 7.25. The Hall–Kier alpha value is -2.38. The van der Waals surface area contributed by atoms with Gasteiger partial charge < -0.3 is 15.0 Å². The van der Waals surface area contributed by atoms with E-state index in [4.69, 9.17) is 16.3 Å². The number of nitrogens with one attached hydrogen (secondary N) is 1. The Balaban J connectivity index is 1.74. The van der Waals surface area contributed by atoms with Crippen molar-refractivity contribution in [3.8, 4) is 5.75 Å². The number of likely N-dealkylation sites (N-methyl/N-ethyl adjacent to an activating group) is 1. The third-order valence-electron chi connectivity index (χ3n) is 3.50. The Labute approximate surface area is 153 Å². The average molecular weight is 380 g/mol. The van der Waals surface area contributed by atoms with Crippen LogP contribution in [0.2, 0.25) is 5.02 Å². The number of halogens is 2. The monoisotopic (exact) mass is 379 g/mol. The number of ether oxygens (including phenoxy) is 1. The molecule has 0 saturated heterocycles. The smallest absolute Gasteiger partial charge is 0.244 e. The third kappa shape index (κ3) is 3.83. The van der Waals surface area contributed by atoms with E-state index in [1.54, 1.807) is 42.3 Å². The van der Waals surface area contributed by atoms with Gasteiger partial charge in [-0.2, -0.15) is 0 Å². The summed E-state index contributed by atoms with van der Waals surface area (Å²) in [6.45, 7) is 0.0527. The van der Waals surface area contributed by atoms with Gasteiger partial charge in [-0.1, -0.05) is 29.0 Å². The normalized spacial score (nSPS) is 10.7. The van der Waals surface area contributed by atoms with Crippen LogP contribution in [0.1, 0.15) is 0 Å². The number of thiazole rings is 1. The minimum absolute atomic E-state index is 0.0527. The molecule has 0 aliphatic heterocycles. The van der Waals surface area contributed by atoms with Gasteiger partial charge in [0.1, 0.15) is 17.1 Å². The van der Waals surface area contributed by atoms with E-state index in [1.165, 1.54) is 24.5 Å². The van der Waals surface area contributed by atoms with Gasteiger partial charge in [0.25, 0.3) is 0 Å². The number of aromatic nitrogens is 1. The number of carbonyl (C=O) groups is 1. The Bertz CT molecular complexity index is 931. The maximum Gasteiger partial charge on any atom is 0.244 e. The van der Waals surface area contributed by atoms with Crippen molar-refractivity contribution in [2.75, 3.05) is 30.9 Å². The molecule has 1 amide bonds. The van der Waals surface area contributed by atoms with E-state index in [-0.39, 0.29) is 18.3 Å². The lowest BCUT2D eigenvalue weighted by molar-refractivity contribution is -0.114. The van der Waals surface area contributed by atoms with Crippen LogP contribution in [0.4, 0.5) is 15.2 Å². The predicted octanol–water partition coefficient (Wildman–Crippen LogP) is 4.17. The van der Waals surface area contributed by atoms with Gasteiger partial charge >= 0.3 is 0 Å². The van der Waals surface area contributed by atoms with Crippen molar-refractivity contribution in [1.82, 2.24) is 4.98 Å². The summed E-state index contributed by atoms with van der Waals surface area (Å²) in [6.07, 6.45) is 0. The van der Waals surface area contributed by atoms with Crippen LogP contribution in [-0.4, -0.2) is 31.6 Å². The third-order valence-corrected chi connectivity index (χ3v) is 4.87. The number of hydrogen-bond acceptors (Lipinski definition) is 5. The molecule has 0 aliphatic carbocycles. The molecular weight excluding hydrogens is 365 g/mol. The zero-order chi connectivity index (χ0) is 18.0. The van der Waals surface area contributed by atoms with Crippen LogP contribution in [0.15, 0.2) is 36.4 Å². The molecule has 0 fully saturated rings. The molecule has 0 saturated carbocycles. The first kappa shape index (κ1) is 17.4. The summed E-state index contributed by atoms with van der Waals surface area (Å²) < 4.78 is 19.7. The Morgan fingerprint density at radius 3 is 2.92 bits per heavy atom. The van der Waals surface area contributed by atoms with Gasteiger partial charge in [-0.15, -0.1) is 0 Å². The fourth-order valence-corrected chi connectivity index (χ4v) is 3.43. The van der Waals surface area contributed by atoms with Gasteiger partial charge in [-0.3, -0.25) is 4.79 Å². The van der Waals surface area contributed by atoms with Gasteiger partial charge in [0.15, 0.2) is 5.13 Å². The van der Waals surface area contributed by atoms with Crippen LogP contribution in [0.3, 0.4) is 0 Å². The number of carbonyl (C=O) groups excluding carboxylic acids is 1. The molecular formula is C17H15ClFN3O2S. The second-order valence-corrected chi connectivity index (χ2v) is 6.78. The van der Waals surface area contributed by atoms with Gasteiger partial charge in [0.05, 0.1) is 24.0 Å². The summed E-state index contributed by atoms with van der Waals surface area (Å²) in [7, 11) is 3.24. The number of amides is 1. The summed E-state index contributed by atoms with van der Waals surface area (Å²) in [5.41, 5.74) is 0.801. The standard InChI is InChI=1S/C17H15ClFN3O2S/c1-22(17-21-16-11(19)4-3-5-14(16)25-17)9-15(23)20-12-8-10(18)6-7-13(12)24-2/h3-8H,9H2,1-2H3,(H,20,23). The SMILES string of the molecule is COc1ccc(Cl)cc1NC(=O)CN(C)c1nc2c(F)cccc2s1. The van der Waals surface area contributed by atoms with E-state index in [0.29, 0.717) is 27.1 Å². The van der Waals surface area contributed by atoms with Crippen LogP contribution < -0.4 is 15.0 Å². The molecule has 0 aliphatic rings. The molecule has 1 aromatic heterocycles. The highest BCUT2D eigenvalue weighted by Gasteiger charge is 2.15. The predicted molar refractivity (Wildman–Crippen MR) is 99.5 cm³/mol. The topological polar surface area (TPSA) is 54.5 Å². The first-order valence-electron chi connectivity index (χ1n) is 7.37. The van der Waals surface area contributed by atoms with E-state index >= 15 is 0 Å². The highest BCUT2D eigenvalue weighted by molar-refractivity contribution is 7.22. The maximum absolute atomic E-state index is 13.8. The molecule has 0 spiro atoms. The number of fused-ring (bicyclic) bond motifs is 1. The Morgan fingerprint density at radius 1 is 1.40 bits per heavy atom. The molecule has 0 atom stereocenters. The van der Waals surface area contributed by atoms with Gasteiger partial charge in [0, 0.05) is 12.1 Å². The molecule has 2 aromatic carbocycles. The largest absolute Gasteiger partial charge is 0.495 e. The summed E-state index contributed by atoms with van der Waals surface area (Å²) in [5, 5.41) is 3.82. The van der Waals surface area contributed by atoms with E-state index in [0.717, 1.165) is 4.70 Å². The molecule has 0 unspecified atom stereocenters. The summed E-state index contributed by atoms with van der Waals surface area (Å²) in [5.74, 6) is -0.119. The Kier molecular flexibility index (Phi) is 5.06. The van der Waals surface area contributed by atoms with Crippen molar-refractivity contribution in [2.24, 2.45) is 0 Å². The number of benzene rings is 2. The molecule has 3 rings (SSSR count). The van der Waals surface area contributed by atoms with Crippen molar-refractivity contribution in [2.45, 2.75) is 0 Å². The highest BCUT2D eigenvalue weighted by atomic mass is 35.5. The van der Waals surface area contributed by atoms with Gasteiger partial charge in [-0.05, 0) is 30.3 Å². The van der Waals surface area contributed by atoms with E-state index < -0.39 is 0 Å². The van der Waals surface area contributed by atoms with Crippen LogP contribution in [0.25, 0.3) is 10.2 Å². The maximum atomic E-state index is 13.8. The van der Waals surface area contributed by atoms with Crippen LogP contribution in [0, 0.1) is 5.82 Å². The summed E-state index contributed by atoms with van der Waals surface area (Å²) in [4.78, 5) is 18.2. The minimum Gasteiger partial charge on any atom is -0.495 e. The molecule has 8 heteroatoms. The Morgan fingerprint density at radius 2 is 2.20 bits per heavy atom. The zero-order valence-corrected chi connectivity index (χ0v) is 15.1. The van der Waals surface area contributed by atoms with Crippen LogP contribution >= 0.6 is 22.9 Å². The number of nitrogens with zero attached hydrogens (tertiary/aromatic N) is 2. The van der Waals surface area contributed by atoms with E-state index in [9.17, 15) is 9.18 Å². The molecule has 130 valence electrons. The fraction of sp³-hybridized carbons (Fsp3) is 0.176. The quantitative estimate of drug-likeness (QED) is 0.722. The number of anilines is 2. The van der Waals surface area contributed by atoms with Crippen molar-refractivity contribution in [1.29, 1.82) is 0 Å². The van der Waals surface area contributed by atoms with E-state index in [1.807, 2.05) is 0 Å². The van der Waals surface area contributed by atoms with Crippen molar-refractivity contribution >= 4 is 49.9 Å². The lowest BCUT2D eigenvalue weighted by Crippen LogP contribution is -2.30. The summed E-state index contributed by atoms with van der Waals surface area (Å²) in [6, 6.07) is 9.77. The molecule has 25 heavy (non-hydrogen) atoms. The van der Waals surface area contributed by atoms with Gasteiger partial charge in [0.2, 0.25) is 5.91 Å². The van der Waals surface area contributed by atoms with Crippen molar-refractivity contribution < 1.29 is 13.9 Å². The van der Waals surface area contributed by atoms with Gasteiger partial charge in [-0.25, -0.2) is 9.37 Å². The van der Waals surface area contributed by atoms with Crippen LogP contribution in [0.5, 0.6) is 5.75 Å². The van der Waals surface area contributed by atoms with E-state index in [2.05, 4.69) is 10.3 Å². The molecule has 1 heterocycles. The first-order valence-corrected chi connectivity index (χ1v) is 8.57. The fourth-order valence-electron chi connectivity index (χ4n) is 2.32.